The summed E-state index contributed by atoms with van der Waals surface area (Å²) in [6.07, 6.45) is 0. The van der Waals surface area contributed by atoms with Gasteiger partial charge in [-0.15, -0.1) is 0 Å². The first-order valence-electron chi connectivity index (χ1n) is 7.32. The van der Waals surface area contributed by atoms with Crippen LogP contribution in [0.4, 0.5) is 5.69 Å². The van der Waals surface area contributed by atoms with E-state index in [4.69, 9.17) is 16.0 Å². The van der Waals surface area contributed by atoms with Crippen molar-refractivity contribution < 1.29 is 14.4 Å². The zero-order chi connectivity index (χ0) is 16.4. The highest BCUT2D eigenvalue weighted by atomic mass is 16.5. The van der Waals surface area contributed by atoms with E-state index in [1.807, 2.05) is 49.3 Å². The van der Waals surface area contributed by atoms with Gasteiger partial charge in [0, 0.05) is 6.54 Å². The molecule has 0 aromatic heterocycles. The molecule has 1 N–H and O–H groups in total. The highest BCUT2D eigenvalue weighted by Gasteiger charge is 2.27. The summed E-state index contributed by atoms with van der Waals surface area (Å²) in [5.41, 5.74) is 3.27. The third-order valence-corrected chi connectivity index (χ3v) is 3.66. The molecule has 1 heterocycles. The molecule has 2 aromatic rings. The zero-order valence-corrected chi connectivity index (χ0v) is 13.1. The third kappa shape index (κ3) is 3.38. The van der Waals surface area contributed by atoms with Crippen LogP contribution in [0.2, 0.25) is 0 Å². The standard InChI is InChI=1S/C17H17BN2O3/c1-19-14-4-7-17(12(8-14)10-20(2)3)23-15-5-6-16-13(9-15)11-22-18(16)21/h4-9,21H,10-11H2,2-3H3. The quantitative estimate of drug-likeness (QED) is 0.695. The Bertz CT molecular complexity index is 771. The van der Waals surface area contributed by atoms with E-state index in [1.165, 1.54) is 0 Å². The Labute approximate surface area is 136 Å². The lowest BCUT2D eigenvalue weighted by Crippen LogP contribution is -2.27. The van der Waals surface area contributed by atoms with Crippen molar-refractivity contribution in [2.45, 2.75) is 13.2 Å². The number of nitrogens with zero attached hydrogens (tertiary/aromatic N) is 2. The van der Waals surface area contributed by atoms with Crippen LogP contribution in [-0.4, -0.2) is 31.1 Å². The van der Waals surface area contributed by atoms with Crippen LogP contribution < -0.4 is 10.2 Å². The molecule has 2 aromatic carbocycles. The molecule has 116 valence electrons. The third-order valence-electron chi connectivity index (χ3n) is 3.66. The second-order valence-corrected chi connectivity index (χ2v) is 5.77. The number of hydrogen-bond donors (Lipinski definition) is 1. The van der Waals surface area contributed by atoms with Crippen LogP contribution in [0.25, 0.3) is 4.85 Å². The number of benzene rings is 2. The van der Waals surface area contributed by atoms with Crippen LogP contribution in [0.5, 0.6) is 11.5 Å². The van der Waals surface area contributed by atoms with Crippen molar-refractivity contribution in [2.75, 3.05) is 14.1 Å². The van der Waals surface area contributed by atoms with Gasteiger partial charge in [0.15, 0.2) is 5.69 Å². The summed E-state index contributed by atoms with van der Waals surface area (Å²) in [5.74, 6) is 1.42. The highest BCUT2D eigenvalue weighted by molar-refractivity contribution is 6.61. The van der Waals surface area contributed by atoms with Gasteiger partial charge in [0.1, 0.15) is 11.5 Å². The van der Waals surface area contributed by atoms with Crippen molar-refractivity contribution in [3.63, 3.8) is 0 Å². The second-order valence-electron chi connectivity index (χ2n) is 5.77. The predicted octanol–water partition coefficient (Wildman–Crippen LogP) is 2.31. The molecular formula is C17H17BN2O3. The molecule has 0 unspecified atom stereocenters. The summed E-state index contributed by atoms with van der Waals surface area (Å²) in [6, 6.07) is 10.9. The van der Waals surface area contributed by atoms with Crippen LogP contribution in [0.1, 0.15) is 11.1 Å². The summed E-state index contributed by atoms with van der Waals surface area (Å²) in [5, 5.41) is 9.67. The van der Waals surface area contributed by atoms with Gasteiger partial charge in [-0.2, -0.15) is 0 Å². The molecule has 0 aliphatic carbocycles. The van der Waals surface area contributed by atoms with Gasteiger partial charge >= 0.3 is 7.12 Å². The Balaban J connectivity index is 1.89. The fourth-order valence-electron chi connectivity index (χ4n) is 2.60. The van der Waals surface area contributed by atoms with Crippen LogP contribution in [0.3, 0.4) is 0 Å². The maximum Gasteiger partial charge on any atom is 0.491 e. The second kappa shape index (κ2) is 6.43. The van der Waals surface area contributed by atoms with Crippen molar-refractivity contribution in [3.05, 3.63) is 58.9 Å². The first-order chi connectivity index (χ1) is 11.1. The Morgan fingerprint density at radius 2 is 2.13 bits per heavy atom. The van der Waals surface area contributed by atoms with Gasteiger partial charge < -0.3 is 19.3 Å². The smallest absolute Gasteiger partial charge is 0.457 e. The largest absolute Gasteiger partial charge is 0.491 e. The summed E-state index contributed by atoms with van der Waals surface area (Å²) in [7, 11) is 3.10. The Morgan fingerprint density at radius 3 is 2.87 bits per heavy atom. The first kappa shape index (κ1) is 15.6. The normalized spacial score (nSPS) is 13.1. The van der Waals surface area contributed by atoms with Gasteiger partial charge in [-0.1, -0.05) is 12.1 Å². The van der Waals surface area contributed by atoms with Crippen molar-refractivity contribution in [1.29, 1.82) is 0 Å². The maximum atomic E-state index is 9.67. The lowest BCUT2D eigenvalue weighted by Gasteiger charge is -2.16. The Kier molecular flexibility index (Phi) is 4.35. The van der Waals surface area contributed by atoms with Crippen LogP contribution in [0.15, 0.2) is 36.4 Å². The SMILES string of the molecule is [C-]#[N+]c1ccc(Oc2ccc3c(c2)COB3O)c(CN(C)C)c1. The molecule has 0 atom stereocenters. The van der Waals surface area contributed by atoms with Gasteiger partial charge in [0.2, 0.25) is 0 Å². The van der Waals surface area contributed by atoms with Crippen molar-refractivity contribution in [1.82, 2.24) is 4.90 Å². The maximum absolute atomic E-state index is 9.67. The number of hydrogen-bond acceptors (Lipinski definition) is 4. The number of rotatable bonds is 4. The number of ether oxygens (including phenoxy) is 1. The molecule has 1 aliphatic rings. The van der Waals surface area contributed by atoms with E-state index in [-0.39, 0.29) is 0 Å². The minimum absolute atomic E-state index is 0.384. The molecule has 0 fully saturated rings. The van der Waals surface area contributed by atoms with E-state index < -0.39 is 7.12 Å². The topological polar surface area (TPSA) is 46.3 Å². The van der Waals surface area contributed by atoms with Crippen LogP contribution in [0, 0.1) is 6.57 Å². The molecule has 1 aliphatic heterocycles. The van der Waals surface area contributed by atoms with Gasteiger partial charge in [0.05, 0.1) is 13.2 Å². The lowest BCUT2D eigenvalue weighted by atomic mass is 9.80. The van der Waals surface area contributed by atoms with Crippen LogP contribution in [-0.2, 0) is 17.8 Å². The molecule has 0 saturated carbocycles. The van der Waals surface area contributed by atoms with Crippen molar-refractivity contribution in [2.24, 2.45) is 0 Å². The fourth-order valence-corrected chi connectivity index (χ4v) is 2.60. The molecule has 3 rings (SSSR count). The molecule has 0 bridgehead atoms. The minimum atomic E-state index is -0.846. The van der Waals surface area contributed by atoms with E-state index in [0.29, 0.717) is 24.6 Å². The highest BCUT2D eigenvalue weighted by Crippen LogP contribution is 2.30. The minimum Gasteiger partial charge on any atom is -0.457 e. The van der Waals surface area contributed by atoms with Gasteiger partial charge in [0.25, 0.3) is 0 Å². The Morgan fingerprint density at radius 1 is 1.30 bits per heavy atom. The fraction of sp³-hybridized carbons (Fsp3) is 0.235. The molecular weight excluding hydrogens is 291 g/mol. The molecule has 0 saturated heterocycles. The van der Waals surface area contributed by atoms with E-state index in [9.17, 15) is 5.02 Å². The van der Waals surface area contributed by atoms with Gasteiger partial charge in [-0.25, -0.2) is 4.85 Å². The van der Waals surface area contributed by atoms with Crippen LogP contribution >= 0.6 is 0 Å². The monoisotopic (exact) mass is 308 g/mol. The molecule has 23 heavy (non-hydrogen) atoms. The summed E-state index contributed by atoms with van der Waals surface area (Å²) in [4.78, 5) is 5.50. The van der Waals surface area contributed by atoms with Crippen molar-refractivity contribution >= 4 is 18.3 Å². The van der Waals surface area contributed by atoms with Crippen molar-refractivity contribution in [3.8, 4) is 11.5 Å². The lowest BCUT2D eigenvalue weighted by molar-refractivity contribution is 0.275. The predicted molar refractivity (Wildman–Crippen MR) is 89.0 cm³/mol. The van der Waals surface area contributed by atoms with E-state index in [2.05, 4.69) is 4.85 Å². The molecule has 5 nitrogen and oxygen atoms in total. The van der Waals surface area contributed by atoms with E-state index >= 15 is 0 Å². The Hall–Kier alpha value is -2.33. The molecule has 6 heteroatoms. The van der Waals surface area contributed by atoms with Gasteiger partial charge in [-0.3, -0.25) is 0 Å². The average molecular weight is 308 g/mol. The summed E-state index contributed by atoms with van der Waals surface area (Å²) < 4.78 is 11.2. The zero-order valence-electron chi connectivity index (χ0n) is 13.1. The first-order valence-corrected chi connectivity index (χ1v) is 7.32. The molecule has 0 radical (unpaired) electrons. The summed E-state index contributed by atoms with van der Waals surface area (Å²) >= 11 is 0. The summed E-state index contributed by atoms with van der Waals surface area (Å²) in [6.45, 7) is 8.22. The average Bonchev–Trinajstić information content (AvgIpc) is 2.89. The van der Waals surface area contributed by atoms with E-state index in [0.717, 1.165) is 22.3 Å². The molecule has 0 spiro atoms. The number of fused-ring (bicyclic) bond motifs is 1. The van der Waals surface area contributed by atoms with Gasteiger partial charge in [-0.05, 0) is 55.0 Å². The molecule has 0 amide bonds. The van der Waals surface area contributed by atoms with E-state index in [1.54, 1.807) is 6.07 Å².